The van der Waals surface area contributed by atoms with Crippen molar-refractivity contribution in [3.63, 3.8) is 0 Å². The molecule has 0 unspecified atom stereocenters. The molecular formula is C30H27NO8. The van der Waals surface area contributed by atoms with Crippen LogP contribution in [-0.4, -0.2) is 45.2 Å². The van der Waals surface area contributed by atoms with Crippen LogP contribution in [0.1, 0.15) is 5.56 Å². The molecule has 9 heteroatoms. The lowest BCUT2D eigenvalue weighted by Crippen LogP contribution is -2.15. The number of methoxy groups -OCH3 is 5. The first kappa shape index (κ1) is 24.5. The molecule has 39 heavy (non-hydrogen) atoms. The van der Waals surface area contributed by atoms with Gasteiger partial charge in [0.05, 0.1) is 41.2 Å². The van der Waals surface area contributed by atoms with E-state index in [1.807, 2.05) is 28.8 Å². The van der Waals surface area contributed by atoms with Crippen molar-refractivity contribution in [1.82, 2.24) is 4.57 Å². The molecule has 5 aromatic rings. The van der Waals surface area contributed by atoms with Gasteiger partial charge in [0.1, 0.15) is 11.1 Å². The molecule has 3 heterocycles. The Balaban J connectivity index is 1.82. The number of fused-ring (bicyclic) bond motifs is 7. The maximum Gasteiger partial charge on any atom is 0.361 e. The maximum atomic E-state index is 13.6. The summed E-state index contributed by atoms with van der Waals surface area (Å²) in [5.41, 5.74) is 4.54. The molecule has 0 spiro atoms. The first-order chi connectivity index (χ1) is 18.9. The van der Waals surface area contributed by atoms with E-state index in [1.54, 1.807) is 39.5 Å². The van der Waals surface area contributed by atoms with Gasteiger partial charge in [-0.05, 0) is 47.9 Å². The average Bonchev–Trinajstić information content (AvgIpc) is 3.32. The molecule has 0 saturated carbocycles. The number of ether oxygens (including phenoxy) is 5. The molecule has 0 saturated heterocycles. The van der Waals surface area contributed by atoms with Crippen molar-refractivity contribution in [2.75, 3.05) is 35.5 Å². The first-order valence-corrected chi connectivity index (χ1v) is 12.3. The number of rotatable bonds is 6. The summed E-state index contributed by atoms with van der Waals surface area (Å²) in [5.74, 6) is 2.48. The zero-order valence-corrected chi connectivity index (χ0v) is 22.2. The second kappa shape index (κ2) is 9.20. The summed E-state index contributed by atoms with van der Waals surface area (Å²) in [6.07, 6.45) is 0.670. The van der Waals surface area contributed by atoms with Gasteiger partial charge in [-0.15, -0.1) is 0 Å². The summed E-state index contributed by atoms with van der Waals surface area (Å²) >= 11 is 0. The molecule has 3 aromatic carbocycles. The van der Waals surface area contributed by atoms with Crippen LogP contribution in [0.3, 0.4) is 0 Å². The second-order valence-corrected chi connectivity index (χ2v) is 9.19. The Morgan fingerprint density at radius 3 is 2.10 bits per heavy atom. The van der Waals surface area contributed by atoms with Gasteiger partial charge >= 0.3 is 5.63 Å². The minimum absolute atomic E-state index is 0.0158. The lowest BCUT2D eigenvalue weighted by molar-refractivity contribution is 0.354. The van der Waals surface area contributed by atoms with Crippen LogP contribution in [-0.2, 0) is 13.0 Å². The number of nitrogens with zero attached hydrogens (tertiary/aromatic N) is 1. The smallest absolute Gasteiger partial charge is 0.361 e. The quantitative estimate of drug-likeness (QED) is 0.292. The van der Waals surface area contributed by atoms with Crippen LogP contribution in [0.25, 0.3) is 44.3 Å². The summed E-state index contributed by atoms with van der Waals surface area (Å²) in [4.78, 5) is 13.6. The van der Waals surface area contributed by atoms with Gasteiger partial charge in [-0.3, -0.25) is 0 Å². The Morgan fingerprint density at radius 2 is 1.44 bits per heavy atom. The Kier molecular flexibility index (Phi) is 5.79. The summed E-state index contributed by atoms with van der Waals surface area (Å²) in [7, 11) is 7.78. The Bertz CT molecular complexity index is 1830. The molecule has 0 bridgehead atoms. The monoisotopic (exact) mass is 529 g/mol. The van der Waals surface area contributed by atoms with Crippen LogP contribution in [0.2, 0.25) is 0 Å². The lowest BCUT2D eigenvalue weighted by atomic mass is 9.91. The van der Waals surface area contributed by atoms with E-state index in [-0.39, 0.29) is 5.75 Å². The van der Waals surface area contributed by atoms with Gasteiger partial charge in [0.2, 0.25) is 0 Å². The first-order valence-electron chi connectivity index (χ1n) is 12.3. The van der Waals surface area contributed by atoms with E-state index in [4.69, 9.17) is 28.1 Å². The SMILES string of the molecule is COc1ccc(-c2c3n(c4c(=O)oc5cc(OC)c(OC)cc5c24)CCc2cc(OC)c(OC)cc2-3)cc1O. The molecule has 0 aliphatic carbocycles. The van der Waals surface area contributed by atoms with E-state index in [0.717, 1.165) is 22.4 Å². The molecule has 1 aliphatic heterocycles. The highest BCUT2D eigenvalue weighted by Gasteiger charge is 2.31. The van der Waals surface area contributed by atoms with E-state index >= 15 is 0 Å². The zero-order valence-electron chi connectivity index (χ0n) is 22.2. The summed E-state index contributed by atoms with van der Waals surface area (Å²) in [5, 5.41) is 12.1. The van der Waals surface area contributed by atoms with Crippen molar-refractivity contribution < 1.29 is 33.2 Å². The average molecular weight is 530 g/mol. The molecule has 1 N–H and O–H groups in total. The molecule has 0 atom stereocenters. The van der Waals surface area contributed by atoms with Crippen LogP contribution in [0.5, 0.6) is 34.5 Å². The normalized spacial score (nSPS) is 12.2. The molecular weight excluding hydrogens is 502 g/mol. The van der Waals surface area contributed by atoms with Gasteiger partial charge in [0.25, 0.3) is 0 Å². The van der Waals surface area contributed by atoms with E-state index in [2.05, 4.69) is 0 Å². The predicted octanol–water partition coefficient (Wildman–Crippen LogP) is 5.39. The van der Waals surface area contributed by atoms with Crippen molar-refractivity contribution >= 4 is 21.9 Å². The number of aryl methyl sites for hydroxylation is 2. The van der Waals surface area contributed by atoms with Crippen molar-refractivity contribution in [2.24, 2.45) is 0 Å². The second-order valence-electron chi connectivity index (χ2n) is 9.19. The fraction of sp³-hybridized carbons (Fsp3) is 0.233. The molecule has 200 valence electrons. The third kappa shape index (κ3) is 3.57. The van der Waals surface area contributed by atoms with Crippen LogP contribution in [0.4, 0.5) is 0 Å². The van der Waals surface area contributed by atoms with Gasteiger partial charge in [0.15, 0.2) is 34.5 Å². The largest absolute Gasteiger partial charge is 0.504 e. The molecule has 9 nitrogen and oxygen atoms in total. The van der Waals surface area contributed by atoms with Crippen molar-refractivity contribution in [2.45, 2.75) is 13.0 Å². The zero-order chi connectivity index (χ0) is 27.4. The highest BCUT2D eigenvalue weighted by molar-refractivity contribution is 6.17. The Morgan fingerprint density at radius 1 is 0.795 bits per heavy atom. The molecule has 0 fully saturated rings. The molecule has 1 aliphatic rings. The third-order valence-corrected chi connectivity index (χ3v) is 7.35. The Hall–Kier alpha value is -4.79. The van der Waals surface area contributed by atoms with Crippen molar-refractivity contribution in [3.8, 4) is 56.9 Å². The molecule has 0 amide bonds. The summed E-state index contributed by atoms with van der Waals surface area (Å²) in [6, 6.07) is 12.6. The van der Waals surface area contributed by atoms with Gasteiger partial charge in [0, 0.05) is 34.5 Å². The minimum Gasteiger partial charge on any atom is -0.504 e. The number of hydrogen-bond donors (Lipinski definition) is 1. The summed E-state index contributed by atoms with van der Waals surface area (Å²) in [6.45, 7) is 0.542. The number of aromatic nitrogens is 1. The van der Waals surface area contributed by atoms with E-state index in [1.165, 1.54) is 14.2 Å². The van der Waals surface area contributed by atoms with Gasteiger partial charge < -0.3 is 37.8 Å². The highest BCUT2D eigenvalue weighted by Crippen LogP contribution is 2.49. The van der Waals surface area contributed by atoms with E-state index in [0.29, 0.717) is 69.1 Å². The summed E-state index contributed by atoms with van der Waals surface area (Å²) < 4.78 is 35.4. The van der Waals surface area contributed by atoms with Gasteiger partial charge in [-0.1, -0.05) is 6.07 Å². The van der Waals surface area contributed by atoms with Crippen LogP contribution in [0.15, 0.2) is 51.7 Å². The number of phenols is 1. The van der Waals surface area contributed by atoms with Gasteiger partial charge in [-0.2, -0.15) is 0 Å². The fourth-order valence-corrected chi connectivity index (χ4v) is 5.59. The van der Waals surface area contributed by atoms with E-state index in [9.17, 15) is 9.90 Å². The van der Waals surface area contributed by atoms with Crippen LogP contribution in [0, 0.1) is 0 Å². The molecule has 0 radical (unpaired) electrons. The topological polar surface area (TPSA) is 102 Å². The fourth-order valence-electron chi connectivity index (χ4n) is 5.59. The molecule has 2 aromatic heterocycles. The maximum absolute atomic E-state index is 13.6. The van der Waals surface area contributed by atoms with Crippen LogP contribution >= 0.6 is 0 Å². The number of benzene rings is 3. The predicted molar refractivity (Wildman–Crippen MR) is 147 cm³/mol. The third-order valence-electron chi connectivity index (χ3n) is 7.35. The number of aromatic hydroxyl groups is 1. The minimum atomic E-state index is -0.473. The van der Waals surface area contributed by atoms with E-state index < -0.39 is 5.63 Å². The van der Waals surface area contributed by atoms with Gasteiger partial charge in [-0.25, -0.2) is 4.79 Å². The van der Waals surface area contributed by atoms with Crippen molar-refractivity contribution in [3.05, 3.63) is 58.4 Å². The van der Waals surface area contributed by atoms with Crippen molar-refractivity contribution in [1.29, 1.82) is 0 Å². The highest BCUT2D eigenvalue weighted by atomic mass is 16.5. The Labute approximate surface area is 223 Å². The van der Waals surface area contributed by atoms with Crippen LogP contribution < -0.4 is 29.3 Å². The lowest BCUT2D eigenvalue weighted by Gasteiger charge is -2.23. The number of phenolic OH excluding ortho intramolecular Hbond substituents is 1. The standard InChI is InChI=1S/C30H27NO8/c1-34-20-7-6-16(10-19(20)32)26-27-18-13-24(37-4)25(38-5)14-21(18)39-30(33)29(27)31-9-8-15-11-22(35-2)23(36-3)12-17(15)28(26)31/h6-7,10-14,32H,8-9H2,1-5H3. The number of hydrogen-bond acceptors (Lipinski definition) is 8. The molecule has 6 rings (SSSR count).